The van der Waals surface area contributed by atoms with E-state index in [9.17, 15) is 9.59 Å². The van der Waals surface area contributed by atoms with Gasteiger partial charge in [0.2, 0.25) is 0 Å². The van der Waals surface area contributed by atoms with Crippen molar-refractivity contribution in [1.29, 1.82) is 0 Å². The molecule has 7 heteroatoms. The highest BCUT2D eigenvalue weighted by Crippen LogP contribution is 2.38. The molecule has 0 aliphatic carbocycles. The van der Waals surface area contributed by atoms with Gasteiger partial charge in [-0.2, -0.15) is 0 Å². The first-order valence-electron chi connectivity index (χ1n) is 8.94. The van der Waals surface area contributed by atoms with Gasteiger partial charge in [-0.3, -0.25) is 9.69 Å². The van der Waals surface area contributed by atoms with Crippen LogP contribution < -0.4 is 10.1 Å². The predicted molar refractivity (Wildman–Crippen MR) is 105 cm³/mol. The van der Waals surface area contributed by atoms with Crippen molar-refractivity contribution in [2.45, 2.75) is 32.9 Å². The molecule has 0 saturated carbocycles. The lowest BCUT2D eigenvalue weighted by molar-refractivity contribution is -0.118. The highest BCUT2D eigenvalue weighted by atomic mass is 32.1. The summed E-state index contributed by atoms with van der Waals surface area (Å²) in [6.07, 6.45) is 0.769. The number of nitrogens with one attached hydrogen (secondary N) is 1. The van der Waals surface area contributed by atoms with E-state index >= 15 is 0 Å². The number of carbonyl (C=O) groups excluding carboxylic acids is 2. The van der Waals surface area contributed by atoms with Gasteiger partial charge in [-0.1, -0.05) is 18.2 Å². The standard InChI is InChI=1S/C20H24N2O4S/c1-13(2)22-10-9-15-16(11-22)27-19(18(15)20(24)25-3)21-17(23)12-26-14-7-5-4-6-8-14/h4-8,13H,9-12H2,1-3H3,(H,21,23). The van der Waals surface area contributed by atoms with E-state index in [4.69, 9.17) is 9.47 Å². The topological polar surface area (TPSA) is 67.9 Å². The lowest BCUT2D eigenvalue weighted by Gasteiger charge is -2.30. The first-order valence-corrected chi connectivity index (χ1v) is 9.75. The quantitative estimate of drug-likeness (QED) is 0.769. The number of amides is 1. The largest absolute Gasteiger partial charge is 0.484 e. The van der Waals surface area contributed by atoms with Gasteiger partial charge in [-0.05, 0) is 38.0 Å². The molecule has 1 aliphatic rings. The van der Waals surface area contributed by atoms with Crippen molar-refractivity contribution in [2.24, 2.45) is 0 Å². The zero-order valence-electron chi connectivity index (χ0n) is 15.8. The maximum absolute atomic E-state index is 12.3. The van der Waals surface area contributed by atoms with Crippen molar-refractivity contribution in [3.05, 3.63) is 46.3 Å². The summed E-state index contributed by atoms with van der Waals surface area (Å²) >= 11 is 1.45. The van der Waals surface area contributed by atoms with Gasteiger partial charge >= 0.3 is 5.97 Å². The predicted octanol–water partition coefficient (Wildman–Crippen LogP) is 3.32. The van der Waals surface area contributed by atoms with Crippen LogP contribution in [0.2, 0.25) is 0 Å². The number of hydrogen-bond donors (Lipinski definition) is 1. The molecule has 3 rings (SSSR count). The van der Waals surface area contributed by atoms with Crippen molar-refractivity contribution < 1.29 is 19.1 Å². The summed E-state index contributed by atoms with van der Waals surface area (Å²) in [6, 6.07) is 9.58. The van der Waals surface area contributed by atoms with Crippen molar-refractivity contribution >= 4 is 28.2 Å². The number of para-hydroxylation sites is 1. The summed E-state index contributed by atoms with van der Waals surface area (Å²) in [6.45, 7) is 5.85. The van der Waals surface area contributed by atoms with Crippen LogP contribution in [-0.2, 0) is 22.5 Å². The number of nitrogens with zero attached hydrogens (tertiary/aromatic N) is 1. The lowest BCUT2D eigenvalue weighted by Crippen LogP contribution is -2.35. The fourth-order valence-electron chi connectivity index (χ4n) is 3.10. The Bertz CT molecular complexity index is 817. The maximum Gasteiger partial charge on any atom is 0.341 e. The molecule has 6 nitrogen and oxygen atoms in total. The number of fused-ring (bicyclic) bond motifs is 1. The zero-order chi connectivity index (χ0) is 19.4. The van der Waals surface area contributed by atoms with Crippen LogP contribution >= 0.6 is 11.3 Å². The second kappa shape index (κ2) is 8.54. The number of methoxy groups -OCH3 is 1. The number of benzene rings is 1. The van der Waals surface area contributed by atoms with Gasteiger partial charge in [-0.25, -0.2) is 4.79 Å². The van der Waals surface area contributed by atoms with E-state index in [-0.39, 0.29) is 12.5 Å². The molecular weight excluding hydrogens is 364 g/mol. The summed E-state index contributed by atoms with van der Waals surface area (Å²) in [5.74, 6) is -0.0908. The van der Waals surface area contributed by atoms with E-state index in [1.807, 2.05) is 18.2 Å². The minimum absolute atomic E-state index is 0.120. The Balaban J connectivity index is 1.76. The molecule has 1 aliphatic heterocycles. The lowest BCUT2D eigenvalue weighted by atomic mass is 10.0. The zero-order valence-corrected chi connectivity index (χ0v) is 16.6. The van der Waals surface area contributed by atoms with E-state index in [1.165, 1.54) is 18.4 Å². The monoisotopic (exact) mass is 388 g/mol. The third kappa shape index (κ3) is 4.48. The van der Waals surface area contributed by atoms with Crippen LogP contribution in [0, 0.1) is 0 Å². The molecule has 1 N–H and O–H groups in total. The van der Waals surface area contributed by atoms with Crippen LogP contribution in [0.15, 0.2) is 30.3 Å². The first-order chi connectivity index (χ1) is 13.0. The normalized spacial score (nSPS) is 13.9. The van der Waals surface area contributed by atoms with Crippen molar-refractivity contribution in [3.63, 3.8) is 0 Å². The Kier molecular flexibility index (Phi) is 6.13. The molecule has 2 aromatic rings. The molecule has 0 radical (unpaired) electrons. The third-order valence-electron chi connectivity index (χ3n) is 4.57. The Morgan fingerprint density at radius 3 is 2.67 bits per heavy atom. The van der Waals surface area contributed by atoms with Gasteiger partial charge in [0, 0.05) is 24.0 Å². The van der Waals surface area contributed by atoms with Gasteiger partial charge in [0.25, 0.3) is 5.91 Å². The van der Waals surface area contributed by atoms with E-state index in [1.54, 1.807) is 12.1 Å². The van der Waals surface area contributed by atoms with Crippen LogP contribution in [0.25, 0.3) is 0 Å². The second-order valence-electron chi connectivity index (χ2n) is 6.66. The van der Waals surface area contributed by atoms with Crippen LogP contribution in [0.1, 0.15) is 34.6 Å². The second-order valence-corrected chi connectivity index (χ2v) is 7.77. The molecule has 0 spiro atoms. The molecular formula is C20H24N2O4S. The number of rotatable bonds is 6. The van der Waals surface area contributed by atoms with Gasteiger partial charge in [0.05, 0.1) is 12.7 Å². The van der Waals surface area contributed by atoms with Gasteiger partial charge in [-0.15, -0.1) is 11.3 Å². The van der Waals surface area contributed by atoms with E-state index in [0.29, 0.717) is 22.4 Å². The number of ether oxygens (including phenoxy) is 2. The van der Waals surface area contributed by atoms with Crippen LogP contribution in [-0.4, -0.2) is 43.1 Å². The van der Waals surface area contributed by atoms with Crippen molar-refractivity contribution in [1.82, 2.24) is 4.90 Å². The smallest absolute Gasteiger partial charge is 0.341 e. The van der Waals surface area contributed by atoms with E-state index in [2.05, 4.69) is 24.1 Å². The first kappa shape index (κ1) is 19.4. The molecule has 1 aromatic carbocycles. The summed E-state index contributed by atoms with van der Waals surface area (Å²) < 4.78 is 10.4. The minimum Gasteiger partial charge on any atom is -0.484 e. The van der Waals surface area contributed by atoms with Crippen molar-refractivity contribution in [3.8, 4) is 5.75 Å². The molecule has 0 unspecified atom stereocenters. The summed E-state index contributed by atoms with van der Waals surface area (Å²) in [5, 5.41) is 3.37. The minimum atomic E-state index is -0.412. The fourth-order valence-corrected chi connectivity index (χ4v) is 4.38. The molecule has 144 valence electrons. The summed E-state index contributed by atoms with van der Waals surface area (Å²) in [4.78, 5) is 28.1. The fraction of sp³-hybridized carbons (Fsp3) is 0.400. The molecule has 0 saturated heterocycles. The Hall–Kier alpha value is -2.38. The van der Waals surface area contributed by atoms with E-state index in [0.717, 1.165) is 30.0 Å². The number of hydrogen-bond acceptors (Lipinski definition) is 6. The number of anilines is 1. The van der Waals surface area contributed by atoms with Crippen molar-refractivity contribution in [2.75, 3.05) is 25.6 Å². The van der Waals surface area contributed by atoms with Gasteiger partial charge < -0.3 is 14.8 Å². The number of carbonyl (C=O) groups is 2. The Morgan fingerprint density at radius 2 is 2.00 bits per heavy atom. The highest BCUT2D eigenvalue weighted by molar-refractivity contribution is 7.17. The molecule has 0 bridgehead atoms. The van der Waals surface area contributed by atoms with Gasteiger partial charge in [0.15, 0.2) is 6.61 Å². The summed E-state index contributed by atoms with van der Waals surface area (Å²) in [5.41, 5.74) is 1.47. The SMILES string of the molecule is COC(=O)c1c(NC(=O)COc2ccccc2)sc2c1CCN(C(C)C)C2. The molecule has 2 heterocycles. The molecule has 0 atom stereocenters. The van der Waals surface area contributed by atoms with Gasteiger partial charge in [0.1, 0.15) is 10.8 Å². The van der Waals surface area contributed by atoms with Crippen LogP contribution in [0.3, 0.4) is 0 Å². The highest BCUT2D eigenvalue weighted by Gasteiger charge is 2.29. The molecule has 0 fully saturated rings. The molecule has 1 aromatic heterocycles. The van der Waals surface area contributed by atoms with E-state index < -0.39 is 5.97 Å². The average molecular weight is 388 g/mol. The number of esters is 1. The van der Waals surface area contributed by atoms with Crippen LogP contribution in [0.4, 0.5) is 5.00 Å². The molecule has 1 amide bonds. The summed E-state index contributed by atoms with van der Waals surface area (Å²) in [7, 11) is 1.36. The third-order valence-corrected chi connectivity index (χ3v) is 5.70. The Labute approximate surface area is 163 Å². The maximum atomic E-state index is 12.3. The van der Waals surface area contributed by atoms with Crippen LogP contribution in [0.5, 0.6) is 5.75 Å². The average Bonchev–Trinajstić information content (AvgIpc) is 3.03. The Morgan fingerprint density at radius 1 is 1.26 bits per heavy atom. The number of thiophene rings is 1. The molecule has 27 heavy (non-hydrogen) atoms.